The highest BCUT2D eigenvalue weighted by molar-refractivity contribution is 7.14. The van der Waals surface area contributed by atoms with Crippen LogP contribution in [0.3, 0.4) is 0 Å². The lowest BCUT2D eigenvalue weighted by Crippen LogP contribution is -2.42. The van der Waals surface area contributed by atoms with E-state index in [0.717, 1.165) is 45.9 Å². The second-order valence-electron chi connectivity index (χ2n) is 12.9. The van der Waals surface area contributed by atoms with E-state index in [4.69, 9.17) is 4.74 Å². The van der Waals surface area contributed by atoms with Crippen LogP contribution in [0.15, 0.2) is 73.1 Å². The largest absolute Gasteiger partial charge is 0.494 e. The zero-order valence-corrected chi connectivity index (χ0v) is 28.7. The van der Waals surface area contributed by atoms with Gasteiger partial charge in [0.15, 0.2) is 11.6 Å². The summed E-state index contributed by atoms with van der Waals surface area (Å²) >= 11 is 1.44. The summed E-state index contributed by atoms with van der Waals surface area (Å²) in [5.41, 5.74) is 3.47. The van der Waals surface area contributed by atoms with Crippen LogP contribution in [-0.2, 0) is 21.4 Å². The second kappa shape index (κ2) is 16.5. The van der Waals surface area contributed by atoms with Crippen molar-refractivity contribution < 1.29 is 24.2 Å². The molecule has 47 heavy (non-hydrogen) atoms. The summed E-state index contributed by atoms with van der Waals surface area (Å²) in [6.45, 7) is 10.6. The van der Waals surface area contributed by atoms with Crippen molar-refractivity contribution in [1.82, 2.24) is 15.3 Å². The van der Waals surface area contributed by atoms with Crippen LogP contribution in [-0.4, -0.2) is 45.4 Å². The monoisotopic (exact) mass is 655 g/mol. The predicted octanol–water partition coefficient (Wildman–Crippen LogP) is 8.15. The Bertz CT molecular complexity index is 1620. The molecular formula is C38H45N3O5S. The minimum absolute atomic E-state index is 0.0271. The van der Waals surface area contributed by atoms with Gasteiger partial charge in [0.2, 0.25) is 5.91 Å². The van der Waals surface area contributed by atoms with Crippen molar-refractivity contribution in [2.75, 3.05) is 6.61 Å². The average molecular weight is 656 g/mol. The maximum atomic E-state index is 13.3. The van der Waals surface area contributed by atoms with Gasteiger partial charge in [0.1, 0.15) is 11.8 Å². The SMILES string of the molecule is CCCCCCOc1ccc(-c2cnc(-c3ccc(C[C@H](CC(=O)c4ccc(C(C)(C)C)s4)C(=O)N[C@H](C)C(=O)O)cc3)nc2)cc1. The normalized spacial score (nSPS) is 12.7. The molecule has 2 atom stereocenters. The first kappa shape index (κ1) is 35.5. The topological polar surface area (TPSA) is 118 Å². The number of carboxylic acid groups (broad SMARTS) is 1. The van der Waals surface area contributed by atoms with Gasteiger partial charge in [-0.25, -0.2) is 9.97 Å². The number of Topliss-reactive ketones (excluding diaryl/α,β-unsaturated/α-hetero) is 1. The Morgan fingerprint density at radius 2 is 1.53 bits per heavy atom. The first-order valence-electron chi connectivity index (χ1n) is 16.3. The minimum Gasteiger partial charge on any atom is -0.494 e. The highest BCUT2D eigenvalue weighted by Crippen LogP contribution is 2.31. The van der Waals surface area contributed by atoms with E-state index in [1.807, 2.05) is 60.7 Å². The third-order valence-electron chi connectivity index (χ3n) is 7.95. The lowest BCUT2D eigenvalue weighted by atomic mass is 9.92. The number of hydrogen-bond acceptors (Lipinski definition) is 7. The number of carbonyl (C=O) groups is 3. The molecule has 4 rings (SSSR count). The molecule has 0 saturated heterocycles. The summed E-state index contributed by atoms with van der Waals surface area (Å²) in [5, 5.41) is 11.9. The van der Waals surface area contributed by atoms with Crippen LogP contribution in [0.1, 0.15) is 86.8 Å². The Balaban J connectivity index is 1.42. The number of ketones is 1. The summed E-state index contributed by atoms with van der Waals surface area (Å²) in [7, 11) is 0. The number of nitrogens with zero attached hydrogens (tertiary/aromatic N) is 2. The maximum absolute atomic E-state index is 13.3. The zero-order chi connectivity index (χ0) is 34.0. The van der Waals surface area contributed by atoms with Gasteiger partial charge in [0.25, 0.3) is 0 Å². The molecule has 0 bridgehead atoms. The Hall–Kier alpha value is -4.37. The number of rotatable bonds is 16. The third-order valence-corrected chi connectivity index (χ3v) is 9.50. The number of nitrogens with one attached hydrogen (secondary N) is 1. The Kier molecular flexibility index (Phi) is 12.4. The minimum atomic E-state index is -1.13. The number of amides is 1. The first-order valence-corrected chi connectivity index (χ1v) is 17.1. The molecule has 0 spiro atoms. The van der Waals surface area contributed by atoms with Gasteiger partial charge < -0.3 is 15.2 Å². The van der Waals surface area contributed by atoms with Crippen LogP contribution in [0.5, 0.6) is 5.75 Å². The number of thiophene rings is 1. The molecule has 0 unspecified atom stereocenters. The zero-order valence-electron chi connectivity index (χ0n) is 27.9. The quantitative estimate of drug-likeness (QED) is 0.0924. The number of hydrogen-bond donors (Lipinski definition) is 2. The molecule has 0 saturated carbocycles. The standard InChI is InChI=1S/C38H45N3O5S/c1-6-7-8-9-20-46-31-16-14-27(15-17-31)30-23-39-35(40-24-30)28-12-10-26(11-13-28)21-29(36(43)41-25(2)37(44)45)22-32(42)33-18-19-34(47-33)38(3,4)5/h10-19,23-25,29H,6-9,20-22H2,1-5H3,(H,41,43)(H,44,45)/t25-,29-/m1/s1. The molecule has 2 heterocycles. The summed E-state index contributed by atoms with van der Waals surface area (Å²) in [6, 6.07) is 18.2. The van der Waals surface area contributed by atoms with E-state index in [1.54, 1.807) is 12.4 Å². The van der Waals surface area contributed by atoms with E-state index in [2.05, 4.69) is 43.0 Å². The molecule has 248 valence electrons. The molecule has 0 radical (unpaired) electrons. The molecular weight excluding hydrogens is 611 g/mol. The van der Waals surface area contributed by atoms with Gasteiger partial charge in [0, 0.05) is 40.7 Å². The summed E-state index contributed by atoms with van der Waals surface area (Å²) < 4.78 is 5.85. The van der Waals surface area contributed by atoms with E-state index in [-0.39, 0.29) is 24.0 Å². The fourth-order valence-electron chi connectivity index (χ4n) is 5.03. The summed E-state index contributed by atoms with van der Waals surface area (Å²) in [6.07, 6.45) is 8.51. The number of carboxylic acids is 1. The maximum Gasteiger partial charge on any atom is 0.325 e. The Morgan fingerprint density at radius 1 is 0.872 bits per heavy atom. The molecule has 0 aliphatic heterocycles. The number of carbonyl (C=O) groups excluding carboxylic acids is 2. The van der Waals surface area contributed by atoms with E-state index in [0.29, 0.717) is 10.7 Å². The fraction of sp³-hybridized carbons (Fsp3) is 0.395. The number of ether oxygens (including phenoxy) is 1. The van der Waals surface area contributed by atoms with Gasteiger partial charge in [-0.2, -0.15) is 0 Å². The number of aliphatic carboxylic acids is 1. The molecule has 0 fully saturated rings. The van der Waals surface area contributed by atoms with E-state index in [9.17, 15) is 19.5 Å². The van der Waals surface area contributed by atoms with Gasteiger partial charge in [0.05, 0.1) is 11.5 Å². The summed E-state index contributed by atoms with van der Waals surface area (Å²) in [5.74, 6) is -1.04. The van der Waals surface area contributed by atoms with Crippen LogP contribution >= 0.6 is 11.3 Å². The van der Waals surface area contributed by atoms with Gasteiger partial charge in [-0.15, -0.1) is 11.3 Å². The van der Waals surface area contributed by atoms with Gasteiger partial charge >= 0.3 is 5.97 Å². The van der Waals surface area contributed by atoms with Gasteiger partial charge in [-0.3, -0.25) is 14.4 Å². The lowest BCUT2D eigenvalue weighted by molar-refractivity contribution is -0.141. The molecule has 0 aliphatic carbocycles. The molecule has 2 aromatic heterocycles. The van der Waals surface area contributed by atoms with Crippen molar-refractivity contribution in [3.05, 3.63) is 88.4 Å². The van der Waals surface area contributed by atoms with Crippen molar-refractivity contribution in [2.45, 2.75) is 84.6 Å². The van der Waals surface area contributed by atoms with Crippen LogP contribution in [0.25, 0.3) is 22.5 Å². The number of aromatic nitrogens is 2. The van der Waals surface area contributed by atoms with E-state index < -0.39 is 23.8 Å². The van der Waals surface area contributed by atoms with E-state index >= 15 is 0 Å². The molecule has 9 heteroatoms. The lowest BCUT2D eigenvalue weighted by Gasteiger charge is -2.18. The number of unbranched alkanes of at least 4 members (excludes halogenated alkanes) is 3. The molecule has 2 N–H and O–H groups in total. The average Bonchev–Trinajstić information content (AvgIpc) is 3.57. The van der Waals surface area contributed by atoms with Crippen LogP contribution in [0.2, 0.25) is 0 Å². The number of benzene rings is 2. The second-order valence-corrected chi connectivity index (χ2v) is 14.0. The van der Waals surface area contributed by atoms with Crippen LogP contribution in [0, 0.1) is 5.92 Å². The van der Waals surface area contributed by atoms with E-state index in [1.165, 1.54) is 37.5 Å². The highest BCUT2D eigenvalue weighted by atomic mass is 32.1. The van der Waals surface area contributed by atoms with Crippen LogP contribution < -0.4 is 10.1 Å². The molecule has 4 aromatic rings. The molecule has 1 amide bonds. The molecule has 0 aliphatic rings. The van der Waals surface area contributed by atoms with Gasteiger partial charge in [-0.05, 0) is 60.6 Å². The molecule has 2 aromatic carbocycles. The Morgan fingerprint density at radius 3 is 2.13 bits per heavy atom. The summed E-state index contributed by atoms with van der Waals surface area (Å²) in [4.78, 5) is 48.7. The van der Waals surface area contributed by atoms with Crippen molar-refractivity contribution >= 4 is 29.0 Å². The van der Waals surface area contributed by atoms with Gasteiger partial charge in [-0.1, -0.05) is 83.4 Å². The fourth-order valence-corrected chi connectivity index (χ4v) is 6.04. The smallest absolute Gasteiger partial charge is 0.325 e. The van der Waals surface area contributed by atoms with Crippen LogP contribution in [0.4, 0.5) is 0 Å². The van der Waals surface area contributed by atoms with Crippen molar-refractivity contribution in [1.29, 1.82) is 0 Å². The third kappa shape index (κ3) is 10.3. The van der Waals surface area contributed by atoms with Crippen molar-refractivity contribution in [2.24, 2.45) is 5.92 Å². The Labute approximate surface area is 281 Å². The van der Waals surface area contributed by atoms with Crippen molar-refractivity contribution in [3.63, 3.8) is 0 Å². The predicted molar refractivity (Wildman–Crippen MR) is 187 cm³/mol. The highest BCUT2D eigenvalue weighted by Gasteiger charge is 2.27. The molecule has 8 nitrogen and oxygen atoms in total. The van der Waals surface area contributed by atoms with Crippen molar-refractivity contribution in [3.8, 4) is 28.3 Å². The first-order chi connectivity index (χ1) is 22.4.